The van der Waals surface area contributed by atoms with Crippen molar-refractivity contribution in [3.8, 4) is 0 Å². The highest BCUT2D eigenvalue weighted by Crippen LogP contribution is 2.10. The number of anilines is 1. The van der Waals surface area contributed by atoms with Crippen molar-refractivity contribution in [1.29, 1.82) is 0 Å². The lowest BCUT2D eigenvalue weighted by Gasteiger charge is -2.23. The van der Waals surface area contributed by atoms with Gasteiger partial charge in [-0.2, -0.15) is 0 Å². The first-order chi connectivity index (χ1) is 9.04. The van der Waals surface area contributed by atoms with Gasteiger partial charge in [-0.05, 0) is 12.1 Å². The lowest BCUT2D eigenvalue weighted by atomic mass is 10.3. The van der Waals surface area contributed by atoms with E-state index in [2.05, 4.69) is 10.7 Å². The summed E-state index contributed by atoms with van der Waals surface area (Å²) in [6.45, 7) is 0. The predicted octanol–water partition coefficient (Wildman–Crippen LogP) is -0.370. The summed E-state index contributed by atoms with van der Waals surface area (Å²) in [5.74, 6) is 0. The molecular weight excluding hydrogens is 252 g/mol. The Bertz CT molecular complexity index is 464. The minimum Gasteiger partial charge on any atom is -0.350 e. The van der Waals surface area contributed by atoms with Crippen LogP contribution in [0.15, 0.2) is 30.3 Å². The lowest BCUT2D eigenvalue weighted by molar-refractivity contribution is 0.226. The zero-order chi connectivity index (χ0) is 14.3. The van der Waals surface area contributed by atoms with Gasteiger partial charge in [0.2, 0.25) is 0 Å². The van der Waals surface area contributed by atoms with Gasteiger partial charge in [-0.25, -0.2) is 35.7 Å². The molecule has 6 N–H and O–H groups in total. The summed E-state index contributed by atoms with van der Waals surface area (Å²) in [6.07, 6.45) is 0. The molecule has 1 aromatic rings. The number of hydrogen-bond donors (Lipinski definition) is 5. The maximum Gasteiger partial charge on any atom is 0.359 e. The monoisotopic (exact) mass is 266 g/mol. The largest absolute Gasteiger partial charge is 0.359 e. The molecule has 0 aliphatic heterocycles. The third kappa shape index (κ3) is 4.42. The molecule has 0 spiro atoms. The first-order valence-corrected chi connectivity index (χ1v) is 5.23. The van der Waals surface area contributed by atoms with Crippen LogP contribution >= 0.6 is 0 Å². The van der Waals surface area contributed by atoms with Gasteiger partial charge < -0.3 is 11.1 Å². The van der Waals surface area contributed by atoms with Crippen LogP contribution in [0.4, 0.5) is 20.1 Å². The van der Waals surface area contributed by atoms with E-state index in [9.17, 15) is 14.4 Å². The fourth-order valence-corrected chi connectivity index (χ4v) is 1.14. The summed E-state index contributed by atoms with van der Waals surface area (Å²) in [6, 6.07) is 6.00. The number of urea groups is 3. The van der Waals surface area contributed by atoms with Crippen LogP contribution in [0.3, 0.4) is 0 Å². The molecule has 0 saturated carbocycles. The Hall–Kier alpha value is -2.97. The zero-order valence-electron chi connectivity index (χ0n) is 10.1. The fourth-order valence-electron chi connectivity index (χ4n) is 1.14. The molecule has 0 aromatic heterocycles. The van der Waals surface area contributed by atoms with Crippen LogP contribution in [0.25, 0.3) is 0 Å². The molecule has 0 unspecified atom stereocenters. The lowest BCUT2D eigenvalue weighted by Crippen LogP contribution is -2.57. The standard InChI is InChI=1S/C10H14N6O3/c1-12-9(18)15-16(7-5-3-2-4-6-7)10(19)14-13-8(11)17/h2-6H,1H3,(H,14,19)(H3,11,13,17)(H2,12,15,18). The molecule has 1 aromatic carbocycles. The van der Waals surface area contributed by atoms with E-state index in [1.165, 1.54) is 7.05 Å². The molecule has 0 aliphatic rings. The van der Waals surface area contributed by atoms with Crippen molar-refractivity contribution in [2.75, 3.05) is 12.1 Å². The molecule has 0 bridgehead atoms. The summed E-state index contributed by atoms with van der Waals surface area (Å²) in [5.41, 5.74) is 11.5. The smallest absolute Gasteiger partial charge is 0.350 e. The maximum absolute atomic E-state index is 11.8. The second kappa shape index (κ2) is 6.69. The van der Waals surface area contributed by atoms with E-state index in [-0.39, 0.29) is 0 Å². The number of para-hydroxylation sites is 1. The normalized spacial score (nSPS) is 9.11. The topological polar surface area (TPSA) is 129 Å². The van der Waals surface area contributed by atoms with Gasteiger partial charge in [0.1, 0.15) is 0 Å². The summed E-state index contributed by atoms with van der Waals surface area (Å²) in [5, 5.41) is 3.21. The summed E-state index contributed by atoms with van der Waals surface area (Å²) >= 11 is 0. The molecule has 0 saturated heterocycles. The predicted molar refractivity (Wildman–Crippen MR) is 67.8 cm³/mol. The Morgan fingerprint density at radius 1 is 1.11 bits per heavy atom. The molecule has 0 aliphatic carbocycles. The van der Waals surface area contributed by atoms with Crippen LogP contribution in [0.1, 0.15) is 0 Å². The molecule has 19 heavy (non-hydrogen) atoms. The van der Waals surface area contributed by atoms with Crippen LogP contribution < -0.4 is 32.3 Å². The quantitative estimate of drug-likeness (QED) is 0.445. The Balaban J connectivity index is 2.83. The summed E-state index contributed by atoms with van der Waals surface area (Å²) in [7, 11) is 1.40. The Labute approximate surface area is 109 Å². The number of rotatable bonds is 1. The minimum absolute atomic E-state index is 0.398. The highest BCUT2D eigenvalue weighted by molar-refractivity contribution is 5.95. The average Bonchev–Trinajstić information content (AvgIpc) is 2.42. The van der Waals surface area contributed by atoms with Gasteiger partial charge in [-0.15, -0.1) is 0 Å². The molecule has 6 amide bonds. The van der Waals surface area contributed by atoms with Crippen molar-refractivity contribution < 1.29 is 14.4 Å². The average molecular weight is 266 g/mol. The second-order valence-corrected chi connectivity index (χ2v) is 3.28. The van der Waals surface area contributed by atoms with Gasteiger partial charge in [0, 0.05) is 7.05 Å². The van der Waals surface area contributed by atoms with Gasteiger partial charge in [0.15, 0.2) is 0 Å². The maximum atomic E-state index is 11.8. The van der Waals surface area contributed by atoms with E-state index < -0.39 is 18.1 Å². The Morgan fingerprint density at radius 3 is 2.26 bits per heavy atom. The molecule has 9 heteroatoms. The molecule has 0 atom stereocenters. The number of nitrogens with two attached hydrogens (primary N) is 1. The molecule has 1 rings (SSSR count). The number of carbonyl (C=O) groups excluding carboxylic acids is 3. The number of carbonyl (C=O) groups is 3. The number of hydrogen-bond acceptors (Lipinski definition) is 3. The third-order valence-corrected chi connectivity index (χ3v) is 1.95. The van der Waals surface area contributed by atoms with Crippen molar-refractivity contribution in [3.05, 3.63) is 30.3 Å². The van der Waals surface area contributed by atoms with E-state index >= 15 is 0 Å². The van der Waals surface area contributed by atoms with Crippen LogP contribution in [0, 0.1) is 0 Å². The van der Waals surface area contributed by atoms with Gasteiger partial charge in [0.05, 0.1) is 5.69 Å². The van der Waals surface area contributed by atoms with Crippen molar-refractivity contribution in [2.24, 2.45) is 5.73 Å². The molecule has 9 nitrogen and oxygen atoms in total. The van der Waals surface area contributed by atoms with Gasteiger partial charge in [0.25, 0.3) is 0 Å². The second-order valence-electron chi connectivity index (χ2n) is 3.28. The van der Waals surface area contributed by atoms with E-state index in [4.69, 9.17) is 5.73 Å². The molecule has 0 radical (unpaired) electrons. The Kier molecular flexibility index (Phi) is 4.96. The Morgan fingerprint density at radius 2 is 1.74 bits per heavy atom. The first kappa shape index (κ1) is 14.1. The highest BCUT2D eigenvalue weighted by Gasteiger charge is 2.17. The first-order valence-electron chi connectivity index (χ1n) is 5.23. The van der Waals surface area contributed by atoms with E-state index in [1.54, 1.807) is 30.3 Å². The van der Waals surface area contributed by atoms with Crippen molar-refractivity contribution in [1.82, 2.24) is 21.6 Å². The molecular formula is C10H14N6O3. The van der Waals surface area contributed by atoms with Crippen LogP contribution in [0.5, 0.6) is 0 Å². The van der Waals surface area contributed by atoms with Crippen LogP contribution in [-0.2, 0) is 0 Å². The number of benzene rings is 1. The van der Waals surface area contributed by atoms with E-state index in [0.29, 0.717) is 5.69 Å². The number of nitrogens with one attached hydrogen (secondary N) is 4. The third-order valence-electron chi connectivity index (χ3n) is 1.95. The van der Waals surface area contributed by atoms with E-state index in [1.807, 2.05) is 10.9 Å². The van der Waals surface area contributed by atoms with Crippen LogP contribution in [0.2, 0.25) is 0 Å². The van der Waals surface area contributed by atoms with E-state index in [0.717, 1.165) is 5.01 Å². The highest BCUT2D eigenvalue weighted by atomic mass is 16.2. The molecule has 102 valence electrons. The SMILES string of the molecule is CNC(=O)NN(C(=O)NNC(N)=O)c1ccccc1. The van der Waals surface area contributed by atoms with Crippen molar-refractivity contribution >= 4 is 23.8 Å². The number of nitrogens with zero attached hydrogens (tertiary/aromatic N) is 1. The minimum atomic E-state index is -0.929. The number of amides is 6. The van der Waals surface area contributed by atoms with Gasteiger partial charge in [-0.3, -0.25) is 0 Å². The summed E-state index contributed by atoms with van der Waals surface area (Å²) < 4.78 is 0. The van der Waals surface area contributed by atoms with Gasteiger partial charge in [-0.1, -0.05) is 18.2 Å². The molecule has 0 fully saturated rings. The van der Waals surface area contributed by atoms with Gasteiger partial charge >= 0.3 is 18.1 Å². The number of hydrazine groups is 2. The fraction of sp³-hybridized carbons (Fsp3) is 0.100. The summed E-state index contributed by atoms with van der Waals surface area (Å²) in [4.78, 5) is 33.6. The molecule has 0 heterocycles. The van der Waals surface area contributed by atoms with Crippen LogP contribution in [-0.4, -0.2) is 25.1 Å². The van der Waals surface area contributed by atoms with Crippen molar-refractivity contribution in [2.45, 2.75) is 0 Å². The zero-order valence-corrected chi connectivity index (χ0v) is 10.1. The van der Waals surface area contributed by atoms with Crippen molar-refractivity contribution in [3.63, 3.8) is 0 Å². The number of primary amides is 1.